The van der Waals surface area contributed by atoms with Crippen molar-refractivity contribution in [3.63, 3.8) is 0 Å². The second-order valence-electron chi connectivity index (χ2n) is 15.1. The highest BCUT2D eigenvalue weighted by molar-refractivity contribution is 6.00. The highest BCUT2D eigenvalue weighted by Gasteiger charge is 2.47. The van der Waals surface area contributed by atoms with Gasteiger partial charge in [0.25, 0.3) is 5.91 Å². The van der Waals surface area contributed by atoms with Crippen molar-refractivity contribution < 1.29 is 14.6 Å². The second-order valence-corrected chi connectivity index (χ2v) is 15.1. The molecule has 9 rings (SSSR count). The molecule has 4 bridgehead atoms. The fourth-order valence-electron chi connectivity index (χ4n) is 8.70. The fourth-order valence-corrected chi connectivity index (χ4v) is 8.70. The Morgan fingerprint density at radius 3 is 2.65 bits per heavy atom. The van der Waals surface area contributed by atoms with Gasteiger partial charge < -0.3 is 29.6 Å². The largest absolute Gasteiger partial charge is 0.494 e. The zero-order valence-corrected chi connectivity index (χ0v) is 29.3. The van der Waals surface area contributed by atoms with Crippen LogP contribution >= 0.6 is 0 Å². The van der Waals surface area contributed by atoms with Gasteiger partial charge in [0, 0.05) is 54.1 Å². The van der Waals surface area contributed by atoms with Crippen LogP contribution in [0, 0.1) is 5.92 Å². The number of nitrogens with zero attached hydrogens (tertiary/aromatic N) is 6. The van der Waals surface area contributed by atoms with Gasteiger partial charge in [-0.15, -0.1) is 0 Å². The van der Waals surface area contributed by atoms with E-state index in [9.17, 15) is 9.90 Å². The maximum atomic E-state index is 14.1. The molecule has 10 heteroatoms. The van der Waals surface area contributed by atoms with E-state index >= 15 is 0 Å². The number of hydrogen-bond donors (Lipinski definition) is 2. The topological polar surface area (TPSA) is 124 Å². The van der Waals surface area contributed by atoms with Crippen LogP contribution in [0.3, 0.4) is 0 Å². The number of ether oxygens (including phenoxy) is 1. The average Bonchev–Trinajstić information content (AvgIpc) is 3.88. The van der Waals surface area contributed by atoms with Crippen molar-refractivity contribution in [2.24, 2.45) is 11.7 Å². The lowest BCUT2D eigenvalue weighted by atomic mass is 9.96. The summed E-state index contributed by atoms with van der Waals surface area (Å²) in [6.07, 6.45) is 8.71. The van der Waals surface area contributed by atoms with Crippen molar-refractivity contribution in [3.8, 4) is 28.4 Å². The number of likely N-dealkylation sites (tertiary alicyclic amines) is 1. The molecule has 51 heavy (non-hydrogen) atoms. The number of pyridine rings is 2. The SMILES string of the molecule is COc1cc(C(=O)N2C[C@H]3CC[C@@H]2C3N)cc2nc3n(c12)Cc1cncc(c1)-c1ccccc1CCCCn1c-3cc2ccc(C(C)(C)O)nc21. The molecule has 2 fully saturated rings. The molecule has 3 N–H and O–H groups in total. The molecule has 2 aromatic carbocycles. The van der Waals surface area contributed by atoms with Gasteiger partial charge in [0.15, 0.2) is 5.82 Å². The van der Waals surface area contributed by atoms with E-state index in [0.717, 1.165) is 77.8 Å². The van der Waals surface area contributed by atoms with Gasteiger partial charge in [0.1, 0.15) is 22.5 Å². The molecule has 0 spiro atoms. The quantitative estimate of drug-likeness (QED) is 0.225. The molecule has 6 aromatic rings. The minimum atomic E-state index is -1.09. The van der Waals surface area contributed by atoms with Crippen molar-refractivity contribution in [1.82, 2.24) is 29.0 Å². The molecule has 260 valence electrons. The lowest BCUT2D eigenvalue weighted by Gasteiger charge is -2.27. The third kappa shape index (κ3) is 5.31. The first-order chi connectivity index (χ1) is 24.7. The van der Waals surface area contributed by atoms with E-state index in [1.807, 2.05) is 41.6 Å². The minimum Gasteiger partial charge on any atom is -0.494 e. The number of piperidine rings is 1. The molecule has 1 unspecified atom stereocenters. The molecule has 0 radical (unpaired) electrons. The normalized spacial score (nSPS) is 20.3. The van der Waals surface area contributed by atoms with Crippen molar-refractivity contribution in [3.05, 3.63) is 95.4 Å². The van der Waals surface area contributed by atoms with Crippen LogP contribution in [-0.4, -0.2) is 65.7 Å². The first-order valence-corrected chi connectivity index (χ1v) is 18.1. The molecule has 1 aliphatic carbocycles. The maximum Gasteiger partial charge on any atom is 0.254 e. The summed E-state index contributed by atoms with van der Waals surface area (Å²) in [6.45, 7) is 5.42. The average molecular weight is 682 g/mol. The molecule has 1 saturated heterocycles. The van der Waals surface area contributed by atoms with Gasteiger partial charge in [-0.1, -0.05) is 24.3 Å². The summed E-state index contributed by atoms with van der Waals surface area (Å²) in [5.74, 6) is 1.67. The highest BCUT2D eigenvalue weighted by atomic mass is 16.5. The standard InChI is InChI=1S/C41H43N7O3/c1-41(2,50)35-14-12-26-18-33-39-44-31-17-28(40(49)47-23-27-11-13-32(47)36(27)42)19-34(51-3)37(31)48(39)22-24-16-29(21-43-20-24)30-10-5-4-8-25(30)9-6-7-15-46(33)38(26)45-35/h4-5,8,10,12,14,16-21,27,32,36,50H,6-7,9,11,13,15,22-23,42H2,1-3H3/t27-,32-,36?/m1/s1. The summed E-state index contributed by atoms with van der Waals surface area (Å²) in [6, 6.07) is 20.8. The van der Waals surface area contributed by atoms with E-state index in [0.29, 0.717) is 41.5 Å². The summed E-state index contributed by atoms with van der Waals surface area (Å²) in [5, 5.41) is 11.9. The Hall–Kier alpha value is -5.06. The van der Waals surface area contributed by atoms with Gasteiger partial charge in [0.2, 0.25) is 0 Å². The number of rotatable bonds is 3. The third-order valence-electron chi connectivity index (χ3n) is 11.3. The number of carbonyl (C=O) groups is 1. The molecule has 1 amide bonds. The Morgan fingerprint density at radius 1 is 1.00 bits per heavy atom. The number of carbonyl (C=O) groups excluding carboxylic acids is 1. The summed E-state index contributed by atoms with van der Waals surface area (Å²) >= 11 is 0. The van der Waals surface area contributed by atoms with Crippen LogP contribution in [0.1, 0.15) is 66.7 Å². The zero-order chi connectivity index (χ0) is 35.0. The van der Waals surface area contributed by atoms with Crippen LogP contribution in [-0.2, 0) is 25.1 Å². The van der Waals surface area contributed by atoms with E-state index in [1.165, 1.54) is 11.1 Å². The van der Waals surface area contributed by atoms with Crippen LogP contribution in [0.25, 0.3) is 44.7 Å². The Balaban J connectivity index is 1.26. The predicted octanol–water partition coefficient (Wildman–Crippen LogP) is 6.30. The van der Waals surface area contributed by atoms with Crippen molar-refractivity contribution >= 4 is 28.0 Å². The Bertz CT molecular complexity index is 2330. The number of aliphatic hydroxyl groups is 1. The second kappa shape index (κ2) is 12.0. The number of imidazole rings is 1. The van der Waals surface area contributed by atoms with Gasteiger partial charge in [-0.2, -0.15) is 0 Å². The smallest absolute Gasteiger partial charge is 0.254 e. The number of nitrogens with two attached hydrogens (primary N) is 1. The molecular weight excluding hydrogens is 638 g/mol. The third-order valence-corrected chi connectivity index (χ3v) is 11.3. The number of aryl methyl sites for hydroxylation is 2. The van der Waals surface area contributed by atoms with E-state index < -0.39 is 5.60 Å². The van der Waals surface area contributed by atoms with Crippen molar-refractivity contribution in [1.29, 1.82) is 0 Å². The molecule has 2 aliphatic heterocycles. The van der Waals surface area contributed by atoms with Gasteiger partial charge >= 0.3 is 0 Å². The van der Waals surface area contributed by atoms with E-state index in [4.69, 9.17) is 25.4 Å². The number of aromatic nitrogens is 5. The lowest BCUT2D eigenvalue weighted by Crippen LogP contribution is -2.41. The van der Waals surface area contributed by atoms with Crippen molar-refractivity contribution in [2.45, 2.75) is 76.7 Å². The molecule has 4 aromatic heterocycles. The minimum absolute atomic E-state index is 0.0274. The summed E-state index contributed by atoms with van der Waals surface area (Å²) in [4.78, 5) is 31.1. The summed E-state index contributed by atoms with van der Waals surface area (Å²) in [7, 11) is 1.65. The first-order valence-electron chi connectivity index (χ1n) is 18.1. The van der Waals surface area contributed by atoms with Gasteiger partial charge in [-0.3, -0.25) is 9.78 Å². The number of amides is 1. The van der Waals surface area contributed by atoms with Gasteiger partial charge in [-0.25, -0.2) is 9.97 Å². The van der Waals surface area contributed by atoms with Gasteiger partial charge in [-0.05, 0) is 105 Å². The molecule has 6 heterocycles. The number of fused-ring (bicyclic) bond motifs is 13. The fraction of sp³-hybridized carbons (Fsp3) is 0.366. The molecular formula is C41H43N7O3. The maximum absolute atomic E-state index is 14.1. The van der Waals surface area contributed by atoms with Crippen LogP contribution in [0.15, 0.2) is 73.1 Å². The van der Waals surface area contributed by atoms with Crippen LogP contribution < -0.4 is 10.5 Å². The molecule has 1 saturated carbocycles. The molecule has 3 aliphatic rings. The van der Waals surface area contributed by atoms with E-state index in [2.05, 4.69) is 45.5 Å². The Labute approximate surface area is 296 Å². The van der Waals surface area contributed by atoms with E-state index in [-0.39, 0.29) is 18.0 Å². The first kappa shape index (κ1) is 31.9. The zero-order valence-electron chi connectivity index (χ0n) is 29.3. The number of methoxy groups -OCH3 is 1. The summed E-state index contributed by atoms with van der Waals surface area (Å²) in [5.41, 5.74) is 14.4. The van der Waals surface area contributed by atoms with Crippen LogP contribution in [0.5, 0.6) is 5.75 Å². The molecule has 10 nitrogen and oxygen atoms in total. The van der Waals surface area contributed by atoms with Crippen LogP contribution in [0.2, 0.25) is 0 Å². The Kier molecular flexibility index (Phi) is 7.52. The highest BCUT2D eigenvalue weighted by Crippen LogP contribution is 2.40. The predicted molar refractivity (Wildman–Crippen MR) is 197 cm³/mol. The van der Waals surface area contributed by atoms with Crippen molar-refractivity contribution in [2.75, 3.05) is 13.7 Å². The van der Waals surface area contributed by atoms with Crippen LogP contribution in [0.4, 0.5) is 0 Å². The Morgan fingerprint density at radius 2 is 1.86 bits per heavy atom. The lowest BCUT2D eigenvalue weighted by molar-refractivity contribution is 0.0699. The number of benzene rings is 2. The van der Waals surface area contributed by atoms with E-state index in [1.54, 1.807) is 21.0 Å². The summed E-state index contributed by atoms with van der Waals surface area (Å²) < 4.78 is 10.5. The monoisotopic (exact) mass is 681 g/mol. The van der Waals surface area contributed by atoms with Gasteiger partial charge in [0.05, 0.1) is 30.6 Å². The number of hydrogen-bond acceptors (Lipinski definition) is 7. The molecule has 3 atom stereocenters.